The quantitative estimate of drug-likeness (QED) is 0.927. The van der Waals surface area contributed by atoms with E-state index in [0.29, 0.717) is 11.3 Å². The third-order valence-electron chi connectivity index (χ3n) is 2.73. The Morgan fingerprint density at radius 1 is 1.30 bits per heavy atom. The predicted molar refractivity (Wildman–Crippen MR) is 69.3 cm³/mol. The van der Waals surface area contributed by atoms with Crippen molar-refractivity contribution in [3.8, 4) is 17.6 Å². The van der Waals surface area contributed by atoms with Crippen molar-refractivity contribution in [3.05, 3.63) is 58.9 Å². The van der Waals surface area contributed by atoms with E-state index in [9.17, 15) is 9.18 Å². The molecule has 0 saturated heterocycles. The second-order valence-corrected chi connectivity index (χ2v) is 4.11. The van der Waals surface area contributed by atoms with Crippen molar-refractivity contribution >= 4 is 5.97 Å². The SMILES string of the molecule is Cc1cc(C(=O)O)ccc1Oc1cccc(F)c1C#N. The van der Waals surface area contributed by atoms with Gasteiger partial charge in [-0.25, -0.2) is 9.18 Å². The summed E-state index contributed by atoms with van der Waals surface area (Å²) in [6.07, 6.45) is 0. The van der Waals surface area contributed by atoms with E-state index in [-0.39, 0.29) is 16.9 Å². The van der Waals surface area contributed by atoms with Crippen molar-refractivity contribution in [2.75, 3.05) is 0 Å². The van der Waals surface area contributed by atoms with Crippen LogP contribution >= 0.6 is 0 Å². The summed E-state index contributed by atoms with van der Waals surface area (Å²) in [4.78, 5) is 10.8. The standard InChI is InChI=1S/C15H10FNO3/c1-9-7-10(15(18)19)5-6-13(9)20-14-4-2-3-12(16)11(14)8-17/h2-7H,1H3,(H,18,19). The van der Waals surface area contributed by atoms with Gasteiger partial charge in [-0.15, -0.1) is 0 Å². The van der Waals surface area contributed by atoms with E-state index in [1.165, 1.54) is 36.4 Å². The molecule has 2 aromatic carbocycles. The Labute approximate surface area is 114 Å². The van der Waals surface area contributed by atoms with Crippen molar-refractivity contribution in [2.24, 2.45) is 0 Å². The van der Waals surface area contributed by atoms with E-state index in [4.69, 9.17) is 15.1 Å². The number of carboxylic acid groups (broad SMARTS) is 1. The average Bonchev–Trinajstić information content (AvgIpc) is 2.41. The summed E-state index contributed by atoms with van der Waals surface area (Å²) in [6, 6.07) is 10.1. The van der Waals surface area contributed by atoms with Gasteiger partial charge in [-0.05, 0) is 42.8 Å². The zero-order chi connectivity index (χ0) is 14.7. The zero-order valence-corrected chi connectivity index (χ0v) is 10.6. The predicted octanol–water partition coefficient (Wildman–Crippen LogP) is 3.50. The van der Waals surface area contributed by atoms with Gasteiger partial charge in [0.2, 0.25) is 0 Å². The number of hydrogen-bond donors (Lipinski definition) is 1. The van der Waals surface area contributed by atoms with Crippen molar-refractivity contribution < 1.29 is 19.0 Å². The first-order valence-corrected chi connectivity index (χ1v) is 5.73. The van der Waals surface area contributed by atoms with E-state index in [1.807, 2.05) is 0 Å². The van der Waals surface area contributed by atoms with Gasteiger partial charge in [0.1, 0.15) is 28.9 Å². The van der Waals surface area contributed by atoms with E-state index in [0.717, 1.165) is 0 Å². The summed E-state index contributed by atoms with van der Waals surface area (Å²) in [5, 5.41) is 17.8. The number of nitrogens with zero attached hydrogens (tertiary/aromatic N) is 1. The molecule has 100 valence electrons. The third-order valence-corrected chi connectivity index (χ3v) is 2.73. The maximum Gasteiger partial charge on any atom is 0.335 e. The minimum absolute atomic E-state index is 0.0960. The topological polar surface area (TPSA) is 70.3 Å². The highest BCUT2D eigenvalue weighted by molar-refractivity contribution is 5.88. The Hall–Kier alpha value is -2.87. The molecule has 0 radical (unpaired) electrons. The molecule has 0 fully saturated rings. The Balaban J connectivity index is 2.39. The molecule has 0 aliphatic carbocycles. The van der Waals surface area contributed by atoms with Gasteiger partial charge < -0.3 is 9.84 Å². The van der Waals surface area contributed by atoms with Crippen molar-refractivity contribution in [2.45, 2.75) is 6.92 Å². The number of rotatable bonds is 3. The molecule has 2 rings (SSSR count). The van der Waals surface area contributed by atoms with Crippen LogP contribution in [0.3, 0.4) is 0 Å². The molecule has 4 nitrogen and oxygen atoms in total. The third kappa shape index (κ3) is 2.59. The smallest absolute Gasteiger partial charge is 0.335 e. The summed E-state index contributed by atoms with van der Waals surface area (Å²) in [6.45, 7) is 1.67. The fourth-order valence-electron chi connectivity index (χ4n) is 1.71. The van der Waals surface area contributed by atoms with Crippen LogP contribution in [0.2, 0.25) is 0 Å². The Morgan fingerprint density at radius 2 is 2.05 bits per heavy atom. The van der Waals surface area contributed by atoms with Gasteiger partial charge in [0.05, 0.1) is 5.56 Å². The minimum Gasteiger partial charge on any atom is -0.478 e. The van der Waals surface area contributed by atoms with E-state index >= 15 is 0 Å². The van der Waals surface area contributed by atoms with Crippen LogP contribution in [0, 0.1) is 24.1 Å². The van der Waals surface area contributed by atoms with Gasteiger partial charge in [0.25, 0.3) is 0 Å². The van der Waals surface area contributed by atoms with Crippen LogP contribution < -0.4 is 4.74 Å². The number of nitriles is 1. The molecular formula is C15H10FNO3. The molecule has 2 aromatic rings. The average molecular weight is 271 g/mol. The number of benzene rings is 2. The number of ether oxygens (including phenoxy) is 1. The summed E-state index contributed by atoms with van der Waals surface area (Å²) < 4.78 is 18.9. The van der Waals surface area contributed by atoms with Gasteiger partial charge in [0.15, 0.2) is 0 Å². The van der Waals surface area contributed by atoms with Gasteiger partial charge in [-0.3, -0.25) is 0 Å². The van der Waals surface area contributed by atoms with Gasteiger partial charge in [0, 0.05) is 0 Å². The normalized spacial score (nSPS) is 9.85. The highest BCUT2D eigenvalue weighted by Gasteiger charge is 2.12. The maximum absolute atomic E-state index is 13.4. The summed E-state index contributed by atoms with van der Waals surface area (Å²) in [5.74, 6) is -1.23. The number of carboxylic acids is 1. The van der Waals surface area contributed by atoms with Crippen LogP contribution in [0.25, 0.3) is 0 Å². The summed E-state index contributed by atoms with van der Waals surface area (Å²) in [7, 11) is 0. The summed E-state index contributed by atoms with van der Waals surface area (Å²) >= 11 is 0. The fraction of sp³-hybridized carbons (Fsp3) is 0.0667. The first-order valence-electron chi connectivity index (χ1n) is 5.73. The van der Waals surface area contributed by atoms with E-state index < -0.39 is 11.8 Å². The van der Waals surface area contributed by atoms with Crippen LogP contribution in [0.1, 0.15) is 21.5 Å². The molecule has 20 heavy (non-hydrogen) atoms. The number of hydrogen-bond acceptors (Lipinski definition) is 3. The number of aryl methyl sites for hydroxylation is 1. The monoisotopic (exact) mass is 271 g/mol. The molecule has 1 N–H and O–H groups in total. The first-order chi connectivity index (χ1) is 9.52. The number of aromatic carboxylic acids is 1. The fourth-order valence-corrected chi connectivity index (χ4v) is 1.71. The minimum atomic E-state index is -1.04. The summed E-state index contributed by atoms with van der Waals surface area (Å²) in [5.41, 5.74) is 0.530. The lowest BCUT2D eigenvalue weighted by molar-refractivity contribution is 0.0697. The van der Waals surface area contributed by atoms with Crippen LogP contribution in [-0.4, -0.2) is 11.1 Å². The lowest BCUT2D eigenvalue weighted by Gasteiger charge is -2.10. The largest absolute Gasteiger partial charge is 0.478 e. The van der Waals surface area contributed by atoms with Crippen molar-refractivity contribution in [3.63, 3.8) is 0 Å². The number of halogens is 1. The molecule has 0 amide bonds. The molecule has 0 spiro atoms. The van der Waals surface area contributed by atoms with Crippen LogP contribution in [-0.2, 0) is 0 Å². The van der Waals surface area contributed by atoms with Crippen molar-refractivity contribution in [1.29, 1.82) is 5.26 Å². The van der Waals surface area contributed by atoms with Crippen LogP contribution in [0.15, 0.2) is 36.4 Å². The van der Waals surface area contributed by atoms with Gasteiger partial charge in [-0.1, -0.05) is 6.07 Å². The highest BCUT2D eigenvalue weighted by Crippen LogP contribution is 2.29. The van der Waals surface area contributed by atoms with Crippen LogP contribution in [0.4, 0.5) is 4.39 Å². The molecule has 0 heterocycles. The van der Waals surface area contributed by atoms with E-state index in [2.05, 4.69) is 0 Å². The first kappa shape index (κ1) is 13.6. The Morgan fingerprint density at radius 3 is 2.65 bits per heavy atom. The van der Waals surface area contributed by atoms with E-state index in [1.54, 1.807) is 13.0 Å². The highest BCUT2D eigenvalue weighted by atomic mass is 19.1. The van der Waals surface area contributed by atoms with Gasteiger partial charge in [-0.2, -0.15) is 5.26 Å². The lowest BCUT2D eigenvalue weighted by atomic mass is 10.1. The zero-order valence-electron chi connectivity index (χ0n) is 10.6. The van der Waals surface area contributed by atoms with Gasteiger partial charge >= 0.3 is 5.97 Å². The van der Waals surface area contributed by atoms with Crippen LogP contribution in [0.5, 0.6) is 11.5 Å². The Bertz CT molecular complexity index is 720. The molecular weight excluding hydrogens is 261 g/mol. The molecule has 0 aromatic heterocycles. The molecule has 0 bridgehead atoms. The molecule has 0 aliphatic heterocycles. The molecule has 5 heteroatoms. The lowest BCUT2D eigenvalue weighted by Crippen LogP contribution is -1.98. The maximum atomic E-state index is 13.4. The second kappa shape index (κ2) is 5.41. The molecule has 0 atom stereocenters. The number of carbonyl (C=O) groups is 1. The second-order valence-electron chi connectivity index (χ2n) is 4.11. The molecule has 0 aliphatic rings. The van der Waals surface area contributed by atoms with Crippen molar-refractivity contribution in [1.82, 2.24) is 0 Å². The Kier molecular flexibility index (Phi) is 3.67. The molecule has 0 unspecified atom stereocenters. The molecule has 0 saturated carbocycles.